The van der Waals surface area contributed by atoms with Gasteiger partial charge in [0, 0.05) is 12.3 Å². The second-order valence-electron chi connectivity index (χ2n) is 9.08. The standard InChI is InChI=1S/C17H29N2O7PS/c1-16(2,3)9-10-13(25-27(23,28)26-17(4,5)6)12(21)14(24-10)19-8-7-11(20)18-15(19)22/h7-8,10,12-14,21H,9H2,1-6H3,(H,23,28)(H,18,20,22)/t10-,12?,13+,14-,27?/m1/s1. The first kappa shape index (κ1) is 23.4. The highest BCUT2D eigenvalue weighted by Gasteiger charge is 2.49. The van der Waals surface area contributed by atoms with Crippen molar-refractivity contribution in [3.63, 3.8) is 0 Å². The normalized spacial score (nSPS) is 28.3. The molecule has 2 rings (SSSR count). The fourth-order valence-electron chi connectivity index (χ4n) is 3.00. The third-order valence-electron chi connectivity index (χ3n) is 3.89. The Morgan fingerprint density at radius 1 is 1.29 bits per heavy atom. The number of hydrogen-bond acceptors (Lipinski definition) is 7. The Kier molecular flexibility index (Phi) is 6.77. The number of aliphatic hydroxyl groups excluding tert-OH is 1. The lowest BCUT2D eigenvalue weighted by Gasteiger charge is -2.31. The Morgan fingerprint density at radius 3 is 2.39 bits per heavy atom. The van der Waals surface area contributed by atoms with Crippen molar-refractivity contribution in [1.29, 1.82) is 0 Å². The van der Waals surface area contributed by atoms with Crippen molar-refractivity contribution in [3.05, 3.63) is 33.1 Å². The average molecular weight is 436 g/mol. The molecule has 9 nitrogen and oxygen atoms in total. The van der Waals surface area contributed by atoms with Crippen LogP contribution in [0, 0.1) is 5.41 Å². The van der Waals surface area contributed by atoms with Crippen molar-refractivity contribution < 1.29 is 23.8 Å². The Bertz CT molecular complexity index is 855. The third-order valence-corrected chi connectivity index (χ3v) is 5.66. The number of nitrogens with zero attached hydrogens (tertiary/aromatic N) is 1. The molecule has 28 heavy (non-hydrogen) atoms. The summed E-state index contributed by atoms with van der Waals surface area (Å²) in [6, 6.07) is 1.16. The highest BCUT2D eigenvalue weighted by atomic mass is 32.5. The Labute approximate surface area is 168 Å². The van der Waals surface area contributed by atoms with Gasteiger partial charge in [-0.25, -0.2) is 4.79 Å². The minimum atomic E-state index is -3.69. The Balaban J connectivity index is 2.35. The summed E-state index contributed by atoms with van der Waals surface area (Å²) in [7, 11) is 0. The molecule has 3 N–H and O–H groups in total. The maximum absolute atomic E-state index is 12.1. The van der Waals surface area contributed by atoms with E-state index in [2.05, 4.69) is 4.98 Å². The zero-order chi connectivity index (χ0) is 21.5. The van der Waals surface area contributed by atoms with Gasteiger partial charge >= 0.3 is 12.4 Å². The molecule has 11 heteroatoms. The molecule has 1 aliphatic rings. The molecule has 0 aromatic carbocycles. The molecule has 1 aromatic heterocycles. The summed E-state index contributed by atoms with van der Waals surface area (Å²) in [5.74, 6) is 0. The van der Waals surface area contributed by atoms with Crippen LogP contribution in [0.1, 0.15) is 54.2 Å². The second kappa shape index (κ2) is 8.10. The summed E-state index contributed by atoms with van der Waals surface area (Å²) in [5.41, 5.74) is -2.22. The molecule has 0 aliphatic carbocycles. The predicted molar refractivity (Wildman–Crippen MR) is 108 cm³/mol. The largest absolute Gasteiger partial charge is 0.386 e. The van der Waals surface area contributed by atoms with Crippen LogP contribution in [0.3, 0.4) is 0 Å². The lowest BCUT2D eigenvalue weighted by atomic mass is 9.87. The molecule has 0 radical (unpaired) electrons. The second-order valence-corrected chi connectivity index (χ2v) is 11.8. The summed E-state index contributed by atoms with van der Waals surface area (Å²) in [6.07, 6.45) is -2.38. The van der Waals surface area contributed by atoms with Crippen LogP contribution in [-0.2, 0) is 25.6 Å². The molecule has 5 atom stereocenters. The Hall–Kier alpha value is -0.870. The van der Waals surface area contributed by atoms with E-state index in [1.807, 2.05) is 20.8 Å². The van der Waals surface area contributed by atoms with Crippen molar-refractivity contribution in [3.8, 4) is 0 Å². The maximum atomic E-state index is 12.1. The van der Waals surface area contributed by atoms with Gasteiger partial charge in [0.2, 0.25) is 0 Å². The Morgan fingerprint density at radius 2 is 1.89 bits per heavy atom. The van der Waals surface area contributed by atoms with Gasteiger partial charge in [0.05, 0.1) is 11.7 Å². The van der Waals surface area contributed by atoms with Gasteiger partial charge in [0.25, 0.3) is 5.56 Å². The van der Waals surface area contributed by atoms with Crippen LogP contribution in [0.15, 0.2) is 21.9 Å². The van der Waals surface area contributed by atoms with Gasteiger partial charge < -0.3 is 19.3 Å². The van der Waals surface area contributed by atoms with Gasteiger partial charge in [-0.3, -0.25) is 18.9 Å². The van der Waals surface area contributed by atoms with Crippen molar-refractivity contribution in [2.24, 2.45) is 5.41 Å². The number of ether oxygens (including phenoxy) is 1. The SMILES string of the molecule is CC(C)(C)C[C@H]1O[C@@H](n2ccc(=O)[nH]c2=O)C(O)[C@H]1OP(O)(=S)OC(C)(C)C. The van der Waals surface area contributed by atoms with E-state index in [4.69, 9.17) is 25.6 Å². The van der Waals surface area contributed by atoms with Crippen LogP contribution in [0.2, 0.25) is 0 Å². The quantitative estimate of drug-likeness (QED) is 0.596. The van der Waals surface area contributed by atoms with Crippen molar-refractivity contribution in [1.82, 2.24) is 9.55 Å². The first-order valence-corrected chi connectivity index (χ1v) is 11.5. The van der Waals surface area contributed by atoms with Crippen LogP contribution in [-0.4, -0.2) is 43.5 Å². The molecule has 1 saturated heterocycles. The zero-order valence-electron chi connectivity index (χ0n) is 16.9. The van der Waals surface area contributed by atoms with Gasteiger partial charge in [-0.2, -0.15) is 0 Å². The molecule has 0 bridgehead atoms. The predicted octanol–water partition coefficient (Wildman–Crippen LogP) is 1.65. The first-order chi connectivity index (χ1) is 12.6. The van der Waals surface area contributed by atoms with E-state index in [1.54, 1.807) is 20.8 Å². The number of rotatable bonds is 5. The molecular weight excluding hydrogens is 407 g/mol. The summed E-state index contributed by atoms with van der Waals surface area (Å²) in [4.78, 5) is 36.1. The average Bonchev–Trinajstić information content (AvgIpc) is 2.71. The lowest BCUT2D eigenvalue weighted by Crippen LogP contribution is -2.39. The highest BCUT2D eigenvalue weighted by Crippen LogP contribution is 2.52. The van der Waals surface area contributed by atoms with E-state index < -0.39 is 48.1 Å². The molecule has 0 spiro atoms. The van der Waals surface area contributed by atoms with Crippen LogP contribution in [0.4, 0.5) is 0 Å². The van der Waals surface area contributed by atoms with Crippen LogP contribution >= 0.6 is 6.72 Å². The molecule has 1 aliphatic heterocycles. The molecule has 2 heterocycles. The smallest absolute Gasteiger partial charge is 0.330 e. The van der Waals surface area contributed by atoms with Gasteiger partial charge in [0.1, 0.15) is 12.2 Å². The number of hydrogen-bond donors (Lipinski definition) is 3. The van der Waals surface area contributed by atoms with E-state index in [0.717, 1.165) is 10.6 Å². The summed E-state index contributed by atoms with van der Waals surface area (Å²) >= 11 is 5.11. The first-order valence-electron chi connectivity index (χ1n) is 8.95. The van der Waals surface area contributed by atoms with Crippen molar-refractivity contribution in [2.45, 2.75) is 78.1 Å². The van der Waals surface area contributed by atoms with E-state index in [1.165, 1.54) is 6.20 Å². The third kappa shape index (κ3) is 6.32. The monoisotopic (exact) mass is 436 g/mol. The summed E-state index contributed by atoms with van der Waals surface area (Å²) in [6.45, 7) is 7.45. The maximum Gasteiger partial charge on any atom is 0.330 e. The molecular formula is C17H29N2O7PS. The lowest BCUT2D eigenvalue weighted by molar-refractivity contribution is -0.0500. The number of H-pyrrole nitrogens is 1. The summed E-state index contributed by atoms with van der Waals surface area (Å²) < 4.78 is 18.1. The van der Waals surface area contributed by atoms with E-state index in [0.29, 0.717) is 6.42 Å². The van der Waals surface area contributed by atoms with Gasteiger partial charge in [0.15, 0.2) is 6.23 Å². The van der Waals surface area contributed by atoms with Crippen molar-refractivity contribution >= 4 is 18.5 Å². The molecule has 2 unspecified atom stereocenters. The summed E-state index contributed by atoms with van der Waals surface area (Å²) in [5, 5.41) is 10.8. The minimum Gasteiger partial charge on any atom is -0.386 e. The van der Waals surface area contributed by atoms with E-state index in [9.17, 15) is 19.6 Å². The molecule has 160 valence electrons. The number of aliphatic hydroxyl groups is 1. The molecule has 1 aromatic rings. The van der Waals surface area contributed by atoms with E-state index >= 15 is 0 Å². The fourth-order valence-corrected chi connectivity index (χ4v) is 5.27. The number of aromatic amines is 1. The molecule has 0 saturated carbocycles. The van der Waals surface area contributed by atoms with Crippen LogP contribution < -0.4 is 11.2 Å². The van der Waals surface area contributed by atoms with E-state index in [-0.39, 0.29) is 5.41 Å². The van der Waals surface area contributed by atoms with Crippen LogP contribution in [0.5, 0.6) is 0 Å². The van der Waals surface area contributed by atoms with Gasteiger partial charge in [-0.05, 0) is 44.4 Å². The highest BCUT2D eigenvalue weighted by molar-refractivity contribution is 8.07. The number of nitrogens with one attached hydrogen (secondary N) is 1. The molecule has 0 amide bonds. The van der Waals surface area contributed by atoms with Crippen molar-refractivity contribution in [2.75, 3.05) is 0 Å². The zero-order valence-corrected chi connectivity index (χ0v) is 18.6. The van der Waals surface area contributed by atoms with Gasteiger partial charge in [-0.1, -0.05) is 20.8 Å². The number of aromatic nitrogens is 2. The van der Waals surface area contributed by atoms with Gasteiger partial charge in [-0.15, -0.1) is 0 Å². The minimum absolute atomic E-state index is 0.195. The van der Waals surface area contributed by atoms with Crippen LogP contribution in [0.25, 0.3) is 0 Å². The fraction of sp³-hybridized carbons (Fsp3) is 0.765. The molecule has 1 fully saturated rings. The topological polar surface area (TPSA) is 123 Å².